The quantitative estimate of drug-likeness (QED) is 0.581. The van der Waals surface area contributed by atoms with Gasteiger partial charge in [0.1, 0.15) is 5.60 Å². The summed E-state index contributed by atoms with van der Waals surface area (Å²) < 4.78 is 12.4. The van der Waals surface area contributed by atoms with Gasteiger partial charge in [0.15, 0.2) is 0 Å². The molecule has 0 radical (unpaired) electrons. The van der Waals surface area contributed by atoms with Gasteiger partial charge in [0.05, 0.1) is 12.2 Å². The standard InChI is InChI=1S/C19H28O3/c1-13(20)22-19(14-6-2-3-7-14,15-8-4-5-9-15)17-12-16-10-11-18(17)21-16/h10-11,14-18H,2-9,12H2,1H3. The van der Waals surface area contributed by atoms with Crippen LogP contribution in [0.2, 0.25) is 0 Å². The maximum atomic E-state index is 12.1. The molecule has 4 rings (SSSR count). The smallest absolute Gasteiger partial charge is 0.303 e. The molecule has 0 aromatic rings. The van der Waals surface area contributed by atoms with Gasteiger partial charge in [-0.25, -0.2) is 0 Å². The van der Waals surface area contributed by atoms with E-state index in [0.717, 1.165) is 6.42 Å². The molecular weight excluding hydrogens is 276 g/mol. The molecule has 0 aromatic carbocycles. The van der Waals surface area contributed by atoms with Gasteiger partial charge in [0.25, 0.3) is 0 Å². The van der Waals surface area contributed by atoms with Crippen LogP contribution in [0, 0.1) is 17.8 Å². The highest BCUT2D eigenvalue weighted by Gasteiger charge is 2.59. The van der Waals surface area contributed by atoms with Crippen LogP contribution in [0.3, 0.4) is 0 Å². The van der Waals surface area contributed by atoms with E-state index in [1.165, 1.54) is 51.4 Å². The summed E-state index contributed by atoms with van der Waals surface area (Å²) in [7, 11) is 0. The van der Waals surface area contributed by atoms with Crippen molar-refractivity contribution in [3.05, 3.63) is 12.2 Å². The molecule has 122 valence electrons. The van der Waals surface area contributed by atoms with Gasteiger partial charge in [-0.05, 0) is 43.9 Å². The Balaban J connectivity index is 1.73. The molecule has 0 spiro atoms. The van der Waals surface area contributed by atoms with E-state index in [1.807, 2.05) is 0 Å². The predicted molar refractivity (Wildman–Crippen MR) is 84.3 cm³/mol. The molecule has 0 amide bonds. The minimum absolute atomic E-state index is 0.0921. The number of carbonyl (C=O) groups is 1. The van der Waals surface area contributed by atoms with E-state index in [9.17, 15) is 4.79 Å². The molecule has 0 N–H and O–H groups in total. The van der Waals surface area contributed by atoms with Crippen LogP contribution >= 0.6 is 0 Å². The van der Waals surface area contributed by atoms with Crippen molar-refractivity contribution >= 4 is 5.97 Å². The highest BCUT2D eigenvalue weighted by molar-refractivity contribution is 5.66. The molecule has 0 aromatic heterocycles. The molecule has 3 unspecified atom stereocenters. The first-order chi connectivity index (χ1) is 10.7. The predicted octanol–water partition coefficient (Wildman–Crippen LogP) is 4.01. The molecule has 3 heteroatoms. The first-order valence-electron chi connectivity index (χ1n) is 9.23. The van der Waals surface area contributed by atoms with Crippen molar-refractivity contribution in [2.75, 3.05) is 0 Å². The first-order valence-corrected chi connectivity index (χ1v) is 9.23. The molecule has 3 atom stereocenters. The van der Waals surface area contributed by atoms with E-state index >= 15 is 0 Å². The molecule has 2 aliphatic heterocycles. The molecule has 1 saturated heterocycles. The summed E-state index contributed by atoms with van der Waals surface area (Å²) in [5.74, 6) is 1.37. The molecule has 2 aliphatic carbocycles. The Bertz CT molecular complexity index is 441. The van der Waals surface area contributed by atoms with Crippen molar-refractivity contribution < 1.29 is 14.3 Å². The molecule has 2 bridgehead atoms. The molecule has 4 aliphatic rings. The van der Waals surface area contributed by atoms with E-state index in [1.54, 1.807) is 6.92 Å². The topological polar surface area (TPSA) is 35.5 Å². The maximum Gasteiger partial charge on any atom is 0.303 e. The Labute approximate surface area is 133 Å². The van der Waals surface area contributed by atoms with Crippen LogP contribution in [0.1, 0.15) is 64.7 Å². The largest absolute Gasteiger partial charge is 0.458 e. The maximum absolute atomic E-state index is 12.1. The van der Waals surface area contributed by atoms with Gasteiger partial charge in [-0.1, -0.05) is 37.8 Å². The number of hydrogen-bond acceptors (Lipinski definition) is 3. The second kappa shape index (κ2) is 5.67. The van der Waals surface area contributed by atoms with Gasteiger partial charge in [0, 0.05) is 12.8 Å². The lowest BCUT2D eigenvalue weighted by Gasteiger charge is -2.48. The molecule has 3 fully saturated rings. The van der Waals surface area contributed by atoms with Crippen molar-refractivity contribution in [3.8, 4) is 0 Å². The van der Waals surface area contributed by atoms with Crippen LogP contribution in [0.15, 0.2) is 12.2 Å². The van der Waals surface area contributed by atoms with Crippen molar-refractivity contribution in [1.29, 1.82) is 0 Å². The number of esters is 1. The van der Waals surface area contributed by atoms with E-state index < -0.39 is 0 Å². The molecule has 3 nitrogen and oxygen atoms in total. The van der Waals surface area contributed by atoms with Gasteiger partial charge < -0.3 is 9.47 Å². The molecule has 22 heavy (non-hydrogen) atoms. The fraction of sp³-hybridized carbons (Fsp3) is 0.842. The lowest BCUT2D eigenvalue weighted by atomic mass is 9.64. The minimum atomic E-state index is -0.261. The number of hydrogen-bond donors (Lipinski definition) is 0. The molecule has 2 heterocycles. The average Bonchev–Trinajstić information content (AvgIpc) is 3.30. The third-order valence-electron chi connectivity index (χ3n) is 6.62. The fourth-order valence-corrected chi connectivity index (χ4v) is 5.90. The highest BCUT2D eigenvalue weighted by atomic mass is 16.6. The van der Waals surface area contributed by atoms with Gasteiger partial charge in [-0.2, -0.15) is 0 Å². The first kappa shape index (κ1) is 14.7. The zero-order chi connectivity index (χ0) is 15.2. The summed E-state index contributed by atoms with van der Waals surface area (Å²) in [6.07, 6.45) is 15.9. The lowest BCUT2D eigenvalue weighted by Crippen LogP contribution is -2.55. The number of fused-ring (bicyclic) bond motifs is 2. The minimum Gasteiger partial charge on any atom is -0.458 e. The summed E-state index contributed by atoms with van der Waals surface area (Å²) in [5.41, 5.74) is -0.261. The monoisotopic (exact) mass is 304 g/mol. The van der Waals surface area contributed by atoms with Crippen molar-refractivity contribution in [2.45, 2.75) is 82.5 Å². The third-order valence-corrected chi connectivity index (χ3v) is 6.62. The van der Waals surface area contributed by atoms with Crippen molar-refractivity contribution in [3.63, 3.8) is 0 Å². The Morgan fingerprint density at radius 2 is 1.64 bits per heavy atom. The molecule has 2 saturated carbocycles. The Kier molecular flexibility index (Phi) is 3.80. The second-order valence-electron chi connectivity index (χ2n) is 7.78. The summed E-state index contributed by atoms with van der Waals surface area (Å²) in [6.45, 7) is 1.60. The van der Waals surface area contributed by atoms with Crippen molar-refractivity contribution in [1.82, 2.24) is 0 Å². The third kappa shape index (κ3) is 2.24. The van der Waals surface area contributed by atoms with Crippen LogP contribution in [0.25, 0.3) is 0 Å². The summed E-state index contributed by atoms with van der Waals surface area (Å²) in [6, 6.07) is 0. The fourth-order valence-electron chi connectivity index (χ4n) is 5.90. The Hall–Kier alpha value is -0.830. The highest BCUT2D eigenvalue weighted by Crippen LogP contribution is 2.56. The van der Waals surface area contributed by atoms with Gasteiger partial charge in [0.2, 0.25) is 0 Å². The number of rotatable bonds is 4. The zero-order valence-electron chi connectivity index (χ0n) is 13.6. The van der Waals surface area contributed by atoms with Crippen LogP contribution in [-0.2, 0) is 14.3 Å². The average molecular weight is 304 g/mol. The SMILES string of the molecule is CC(=O)OC(C1CCCC1)(C1CCCC1)C1CC2C=CC1O2. The zero-order valence-corrected chi connectivity index (χ0v) is 13.6. The lowest BCUT2D eigenvalue weighted by molar-refractivity contribution is -0.188. The van der Waals surface area contributed by atoms with Gasteiger partial charge in [-0.15, -0.1) is 0 Å². The van der Waals surface area contributed by atoms with Crippen molar-refractivity contribution in [2.24, 2.45) is 17.8 Å². The summed E-state index contributed by atoms with van der Waals surface area (Å²) in [4.78, 5) is 12.1. The van der Waals surface area contributed by atoms with Gasteiger partial charge >= 0.3 is 5.97 Å². The van der Waals surface area contributed by atoms with E-state index in [2.05, 4.69) is 12.2 Å². The summed E-state index contributed by atoms with van der Waals surface area (Å²) in [5, 5.41) is 0. The Morgan fingerprint density at radius 3 is 2.05 bits per heavy atom. The normalized spacial score (nSPS) is 35.6. The second-order valence-corrected chi connectivity index (χ2v) is 7.78. The van der Waals surface area contributed by atoms with Crippen LogP contribution in [0.5, 0.6) is 0 Å². The van der Waals surface area contributed by atoms with E-state index in [4.69, 9.17) is 9.47 Å². The van der Waals surface area contributed by atoms with E-state index in [-0.39, 0.29) is 23.8 Å². The van der Waals surface area contributed by atoms with E-state index in [0.29, 0.717) is 17.8 Å². The Morgan fingerprint density at radius 1 is 1.05 bits per heavy atom. The van der Waals surface area contributed by atoms with Crippen LogP contribution in [0.4, 0.5) is 0 Å². The summed E-state index contributed by atoms with van der Waals surface area (Å²) >= 11 is 0. The number of ether oxygens (including phenoxy) is 2. The van der Waals surface area contributed by atoms with Crippen LogP contribution in [-0.4, -0.2) is 23.8 Å². The number of carbonyl (C=O) groups excluding carboxylic acids is 1. The molecular formula is C19H28O3. The van der Waals surface area contributed by atoms with Gasteiger partial charge in [-0.3, -0.25) is 4.79 Å². The van der Waals surface area contributed by atoms with Crippen LogP contribution < -0.4 is 0 Å².